The predicted octanol–water partition coefficient (Wildman–Crippen LogP) is 6.99. The molecule has 2 heterocycles. The van der Waals surface area contributed by atoms with Crippen LogP contribution in [0.25, 0.3) is 39.3 Å². The number of nitrogens with two attached hydrogens (primary N) is 1. The van der Waals surface area contributed by atoms with E-state index >= 15 is 0 Å². The first kappa shape index (κ1) is 21.8. The fraction of sp³-hybridized carbons (Fsp3) is 0.226. The molecule has 2 aromatic heterocycles. The standard InChI is InChI=1S/C31H30N4/c1-20-16-21(2)29(22(3)17-20)27-18-28-33-30(24-10-12-25(13-11-24)31(32)14-7-15-31)26(19-35(28)34-27)23-8-5-4-6-9-23/h4-6,8-13,16-19H,7,14-15,32H2,1-3H3. The number of hydrogen-bond acceptors (Lipinski definition) is 3. The quantitative estimate of drug-likeness (QED) is 0.316. The van der Waals surface area contributed by atoms with Gasteiger partial charge in [-0.25, -0.2) is 9.50 Å². The van der Waals surface area contributed by atoms with Gasteiger partial charge in [0, 0.05) is 34.5 Å². The van der Waals surface area contributed by atoms with Crippen LogP contribution in [-0.4, -0.2) is 14.6 Å². The first-order chi connectivity index (χ1) is 16.9. The van der Waals surface area contributed by atoms with Crippen LogP contribution in [0.5, 0.6) is 0 Å². The average Bonchev–Trinajstić information content (AvgIpc) is 3.24. The van der Waals surface area contributed by atoms with E-state index in [9.17, 15) is 0 Å². The molecule has 0 bridgehead atoms. The lowest BCUT2D eigenvalue weighted by atomic mass is 9.72. The van der Waals surface area contributed by atoms with Gasteiger partial charge in [-0.3, -0.25) is 0 Å². The molecule has 35 heavy (non-hydrogen) atoms. The molecule has 5 aromatic rings. The molecule has 174 valence electrons. The second kappa shape index (κ2) is 8.17. The van der Waals surface area contributed by atoms with Crippen molar-refractivity contribution >= 4 is 5.65 Å². The van der Waals surface area contributed by atoms with Gasteiger partial charge >= 0.3 is 0 Å². The molecule has 4 heteroatoms. The highest BCUT2D eigenvalue weighted by molar-refractivity contribution is 5.82. The molecule has 1 aliphatic rings. The van der Waals surface area contributed by atoms with Gasteiger partial charge in [0.1, 0.15) is 0 Å². The Labute approximate surface area is 206 Å². The molecule has 2 N–H and O–H groups in total. The summed E-state index contributed by atoms with van der Waals surface area (Å²) in [6, 6.07) is 25.6. The van der Waals surface area contributed by atoms with Gasteiger partial charge in [0.15, 0.2) is 5.65 Å². The first-order valence-electron chi connectivity index (χ1n) is 12.4. The van der Waals surface area contributed by atoms with Gasteiger partial charge in [0.25, 0.3) is 0 Å². The van der Waals surface area contributed by atoms with Crippen LogP contribution in [0.4, 0.5) is 0 Å². The van der Waals surface area contributed by atoms with Crippen molar-refractivity contribution in [1.29, 1.82) is 0 Å². The zero-order chi connectivity index (χ0) is 24.2. The molecule has 1 saturated carbocycles. The maximum Gasteiger partial charge on any atom is 0.156 e. The summed E-state index contributed by atoms with van der Waals surface area (Å²) < 4.78 is 1.91. The molecule has 0 radical (unpaired) electrons. The zero-order valence-electron chi connectivity index (χ0n) is 20.5. The van der Waals surface area contributed by atoms with Crippen LogP contribution in [0, 0.1) is 20.8 Å². The van der Waals surface area contributed by atoms with E-state index in [0.717, 1.165) is 46.6 Å². The molecule has 1 aliphatic carbocycles. The lowest BCUT2D eigenvalue weighted by Gasteiger charge is -2.38. The largest absolute Gasteiger partial charge is 0.321 e. The van der Waals surface area contributed by atoms with Crippen LogP contribution < -0.4 is 5.73 Å². The van der Waals surface area contributed by atoms with Crippen molar-refractivity contribution in [2.75, 3.05) is 0 Å². The van der Waals surface area contributed by atoms with E-state index in [1.807, 2.05) is 10.6 Å². The normalized spacial score (nSPS) is 14.7. The highest BCUT2D eigenvalue weighted by atomic mass is 15.2. The third-order valence-electron chi connectivity index (χ3n) is 7.45. The summed E-state index contributed by atoms with van der Waals surface area (Å²) in [5, 5.41) is 4.96. The highest BCUT2D eigenvalue weighted by Crippen LogP contribution is 2.40. The molecule has 4 nitrogen and oxygen atoms in total. The fourth-order valence-electron chi connectivity index (χ4n) is 5.48. The maximum atomic E-state index is 6.57. The number of aryl methyl sites for hydroxylation is 3. The molecule has 0 saturated heterocycles. The Hall–Kier alpha value is -3.76. The van der Waals surface area contributed by atoms with Crippen LogP contribution in [-0.2, 0) is 5.54 Å². The summed E-state index contributed by atoms with van der Waals surface area (Å²) in [5.41, 5.74) is 18.6. The second-order valence-corrected chi connectivity index (χ2v) is 10.1. The molecule has 0 amide bonds. The van der Waals surface area contributed by atoms with Crippen LogP contribution in [0.3, 0.4) is 0 Å². The molecule has 6 rings (SSSR count). The van der Waals surface area contributed by atoms with Crippen LogP contribution >= 0.6 is 0 Å². The van der Waals surface area contributed by atoms with Gasteiger partial charge in [-0.1, -0.05) is 72.3 Å². The highest BCUT2D eigenvalue weighted by Gasteiger charge is 2.34. The minimum absolute atomic E-state index is 0.164. The molecule has 0 atom stereocenters. The molecule has 1 fully saturated rings. The zero-order valence-corrected chi connectivity index (χ0v) is 20.5. The van der Waals surface area contributed by atoms with Crippen molar-refractivity contribution in [1.82, 2.24) is 14.6 Å². The van der Waals surface area contributed by atoms with Crippen LogP contribution in [0.2, 0.25) is 0 Å². The maximum absolute atomic E-state index is 6.57. The summed E-state index contributed by atoms with van der Waals surface area (Å²) in [6.45, 7) is 6.44. The molecule has 0 spiro atoms. The van der Waals surface area contributed by atoms with E-state index in [-0.39, 0.29) is 5.54 Å². The summed E-state index contributed by atoms with van der Waals surface area (Å²) in [6.07, 6.45) is 5.43. The smallest absolute Gasteiger partial charge is 0.156 e. The van der Waals surface area contributed by atoms with E-state index < -0.39 is 0 Å². The summed E-state index contributed by atoms with van der Waals surface area (Å²) >= 11 is 0. The van der Waals surface area contributed by atoms with E-state index in [1.54, 1.807) is 0 Å². The third-order valence-corrected chi connectivity index (χ3v) is 7.45. The van der Waals surface area contributed by atoms with Crippen molar-refractivity contribution in [3.63, 3.8) is 0 Å². The van der Waals surface area contributed by atoms with E-state index in [2.05, 4.69) is 93.7 Å². The number of hydrogen-bond donors (Lipinski definition) is 1. The Balaban J connectivity index is 1.52. The Morgan fingerprint density at radius 3 is 2.14 bits per heavy atom. The molecule has 0 unspecified atom stereocenters. The summed E-state index contributed by atoms with van der Waals surface area (Å²) in [5.74, 6) is 0. The second-order valence-electron chi connectivity index (χ2n) is 10.1. The van der Waals surface area contributed by atoms with Gasteiger partial charge in [-0.2, -0.15) is 5.10 Å². The lowest BCUT2D eigenvalue weighted by molar-refractivity contribution is 0.253. The van der Waals surface area contributed by atoms with Gasteiger partial charge in [-0.05, 0) is 62.3 Å². The Bertz CT molecular complexity index is 1520. The third kappa shape index (κ3) is 3.75. The molecule has 3 aromatic carbocycles. The molecular weight excluding hydrogens is 428 g/mol. The predicted molar refractivity (Wildman–Crippen MR) is 143 cm³/mol. The van der Waals surface area contributed by atoms with Crippen molar-refractivity contribution in [2.24, 2.45) is 5.73 Å². The number of rotatable bonds is 4. The van der Waals surface area contributed by atoms with E-state index in [4.69, 9.17) is 15.8 Å². The number of aromatic nitrogens is 3. The minimum Gasteiger partial charge on any atom is -0.321 e. The van der Waals surface area contributed by atoms with Gasteiger partial charge < -0.3 is 5.73 Å². The number of fused-ring (bicyclic) bond motifs is 1. The van der Waals surface area contributed by atoms with Gasteiger partial charge in [0.05, 0.1) is 11.4 Å². The van der Waals surface area contributed by atoms with Crippen molar-refractivity contribution in [3.05, 3.63) is 101 Å². The van der Waals surface area contributed by atoms with Crippen molar-refractivity contribution in [2.45, 2.75) is 45.6 Å². The van der Waals surface area contributed by atoms with E-state index in [0.29, 0.717) is 0 Å². The monoisotopic (exact) mass is 458 g/mol. The number of nitrogens with zero attached hydrogens (tertiary/aromatic N) is 3. The minimum atomic E-state index is -0.164. The Kier molecular flexibility index (Phi) is 5.08. The average molecular weight is 459 g/mol. The van der Waals surface area contributed by atoms with Gasteiger partial charge in [-0.15, -0.1) is 0 Å². The van der Waals surface area contributed by atoms with Crippen LogP contribution in [0.15, 0.2) is 79.0 Å². The fourth-order valence-corrected chi connectivity index (χ4v) is 5.48. The SMILES string of the molecule is Cc1cc(C)c(-c2cc3nc(-c4ccc(C5(N)CCC5)cc4)c(-c4ccccc4)cn3n2)c(C)c1. The first-order valence-corrected chi connectivity index (χ1v) is 12.4. The Morgan fingerprint density at radius 1 is 0.829 bits per heavy atom. The molecule has 0 aliphatic heterocycles. The van der Waals surface area contributed by atoms with E-state index in [1.165, 1.54) is 34.2 Å². The van der Waals surface area contributed by atoms with Gasteiger partial charge in [0.2, 0.25) is 0 Å². The van der Waals surface area contributed by atoms with Crippen molar-refractivity contribution in [3.8, 4) is 33.6 Å². The van der Waals surface area contributed by atoms with Crippen LogP contribution in [0.1, 0.15) is 41.5 Å². The lowest BCUT2D eigenvalue weighted by Crippen LogP contribution is -2.43. The number of benzene rings is 3. The summed E-state index contributed by atoms with van der Waals surface area (Å²) in [4.78, 5) is 5.14. The van der Waals surface area contributed by atoms with Crippen molar-refractivity contribution < 1.29 is 0 Å². The Morgan fingerprint density at radius 2 is 1.51 bits per heavy atom. The summed E-state index contributed by atoms with van der Waals surface area (Å²) in [7, 11) is 0. The molecular formula is C31H30N4. The topological polar surface area (TPSA) is 56.2 Å².